The summed E-state index contributed by atoms with van der Waals surface area (Å²) < 4.78 is 2.01. The van der Waals surface area contributed by atoms with E-state index in [1.54, 1.807) is 22.7 Å². The van der Waals surface area contributed by atoms with Gasteiger partial charge in [0, 0.05) is 19.1 Å². The average molecular weight is 410 g/mol. The maximum absolute atomic E-state index is 10.4. The van der Waals surface area contributed by atoms with Crippen molar-refractivity contribution in [2.24, 2.45) is 0 Å². The summed E-state index contributed by atoms with van der Waals surface area (Å²) in [6.07, 6.45) is -0.529. The van der Waals surface area contributed by atoms with Crippen molar-refractivity contribution in [3.63, 3.8) is 0 Å². The average Bonchev–Trinajstić information content (AvgIpc) is 2.85. The number of aliphatic hydroxyl groups excluding tert-OH is 1. The van der Waals surface area contributed by atoms with E-state index in [-0.39, 0.29) is 5.41 Å². The van der Waals surface area contributed by atoms with Crippen molar-refractivity contribution in [2.75, 3.05) is 0 Å². The van der Waals surface area contributed by atoms with Crippen molar-refractivity contribution in [1.82, 2.24) is 0 Å². The summed E-state index contributed by atoms with van der Waals surface area (Å²) in [5, 5.41) is 10.4. The largest absolute Gasteiger partial charge is 0.382 e. The van der Waals surface area contributed by atoms with Gasteiger partial charge < -0.3 is 5.11 Å². The van der Waals surface area contributed by atoms with Crippen LogP contribution in [0, 0.1) is 0 Å². The Hall–Kier alpha value is 0.320. The molecule has 0 aliphatic rings. The van der Waals surface area contributed by atoms with Crippen LogP contribution >= 0.6 is 54.5 Å². The zero-order chi connectivity index (χ0) is 13.5. The van der Waals surface area contributed by atoms with Gasteiger partial charge in [0.1, 0.15) is 6.10 Å². The molecule has 0 amide bonds. The molecule has 0 saturated carbocycles. The fourth-order valence-corrected chi connectivity index (χ4v) is 4.78. The second-order valence-corrected chi connectivity index (χ2v) is 9.50. The molecule has 2 aromatic heterocycles. The van der Waals surface area contributed by atoms with Gasteiger partial charge in [-0.25, -0.2) is 0 Å². The Morgan fingerprint density at radius 2 is 1.78 bits per heavy atom. The Balaban J connectivity index is 2.29. The van der Waals surface area contributed by atoms with E-state index in [9.17, 15) is 5.11 Å². The fraction of sp³-hybridized carbons (Fsp3) is 0.385. The normalized spacial score (nSPS) is 13.9. The summed E-state index contributed by atoms with van der Waals surface area (Å²) in [6.45, 7) is 6.56. The third-order valence-electron chi connectivity index (χ3n) is 2.57. The predicted octanol–water partition coefficient (Wildman–Crippen LogP) is 5.71. The minimum absolute atomic E-state index is 0.138. The Morgan fingerprint density at radius 1 is 1.11 bits per heavy atom. The molecule has 2 heterocycles. The molecule has 0 aliphatic carbocycles. The zero-order valence-electron chi connectivity index (χ0n) is 10.3. The lowest BCUT2D eigenvalue weighted by molar-refractivity contribution is 0.228. The van der Waals surface area contributed by atoms with Gasteiger partial charge in [0.25, 0.3) is 0 Å². The number of halogens is 2. The number of hydrogen-bond donors (Lipinski definition) is 1. The van der Waals surface area contributed by atoms with Gasteiger partial charge in [-0.1, -0.05) is 20.8 Å². The Morgan fingerprint density at radius 3 is 2.22 bits per heavy atom. The first-order valence-corrected chi connectivity index (χ1v) is 8.74. The number of rotatable bonds is 2. The van der Waals surface area contributed by atoms with Gasteiger partial charge in [-0.05, 0) is 55.5 Å². The number of hydrogen-bond acceptors (Lipinski definition) is 3. The molecule has 2 rings (SSSR count). The first kappa shape index (κ1) is 14.7. The van der Waals surface area contributed by atoms with Crippen molar-refractivity contribution < 1.29 is 5.11 Å². The quantitative estimate of drug-likeness (QED) is 0.672. The minimum Gasteiger partial charge on any atom is -0.382 e. The summed E-state index contributed by atoms with van der Waals surface area (Å²) >= 11 is 10.2. The Bertz CT molecular complexity index is 532. The third-order valence-corrected chi connectivity index (χ3v) is 7.44. The van der Waals surface area contributed by atoms with Crippen LogP contribution < -0.4 is 0 Å². The fourth-order valence-electron chi connectivity index (χ4n) is 1.54. The Kier molecular flexibility index (Phi) is 4.39. The SMILES string of the molecule is CC(C)(C)c1ccc(C(O)c2cc(Br)c(Br)s2)s1. The second kappa shape index (κ2) is 5.37. The van der Waals surface area contributed by atoms with Crippen LogP contribution in [0.1, 0.15) is 41.5 Å². The molecule has 0 aliphatic heterocycles. The second-order valence-electron chi connectivity index (χ2n) is 5.12. The van der Waals surface area contributed by atoms with E-state index in [2.05, 4.69) is 58.7 Å². The van der Waals surface area contributed by atoms with Gasteiger partial charge in [-0.2, -0.15) is 0 Å². The van der Waals surface area contributed by atoms with Gasteiger partial charge in [-0.3, -0.25) is 0 Å². The molecular weight excluding hydrogens is 396 g/mol. The van der Waals surface area contributed by atoms with Crippen LogP contribution in [0.2, 0.25) is 0 Å². The first-order chi connectivity index (χ1) is 8.29. The van der Waals surface area contributed by atoms with Crippen molar-refractivity contribution >= 4 is 54.5 Å². The summed E-state index contributed by atoms with van der Waals surface area (Å²) in [5.74, 6) is 0. The highest BCUT2D eigenvalue weighted by atomic mass is 79.9. The minimum atomic E-state index is -0.529. The van der Waals surface area contributed by atoms with Crippen molar-refractivity contribution in [2.45, 2.75) is 32.3 Å². The molecule has 1 N–H and O–H groups in total. The van der Waals surface area contributed by atoms with E-state index < -0.39 is 6.10 Å². The molecule has 18 heavy (non-hydrogen) atoms. The van der Waals surface area contributed by atoms with Gasteiger partial charge in [0.15, 0.2) is 0 Å². The van der Waals surface area contributed by atoms with E-state index in [0.717, 1.165) is 18.0 Å². The van der Waals surface area contributed by atoms with E-state index in [4.69, 9.17) is 0 Å². The maximum Gasteiger partial charge on any atom is 0.122 e. The van der Waals surface area contributed by atoms with Crippen LogP contribution in [0.15, 0.2) is 26.5 Å². The van der Waals surface area contributed by atoms with Crippen LogP contribution in [0.4, 0.5) is 0 Å². The lowest BCUT2D eigenvalue weighted by atomic mass is 9.95. The molecule has 1 unspecified atom stereocenters. The molecule has 0 saturated heterocycles. The standard InChI is InChI=1S/C13H14Br2OS2/c1-13(2,3)10-5-4-8(17-10)11(16)9-6-7(14)12(15)18-9/h4-6,11,16H,1-3H3. The topological polar surface area (TPSA) is 20.2 Å². The molecule has 0 radical (unpaired) electrons. The molecule has 0 fully saturated rings. The van der Waals surface area contributed by atoms with Crippen LogP contribution in [0.25, 0.3) is 0 Å². The Labute approximate surface area is 132 Å². The molecular formula is C13H14Br2OS2. The highest BCUT2D eigenvalue weighted by molar-refractivity contribution is 9.13. The van der Waals surface area contributed by atoms with Gasteiger partial charge in [-0.15, -0.1) is 22.7 Å². The van der Waals surface area contributed by atoms with Crippen molar-refractivity contribution in [1.29, 1.82) is 0 Å². The monoisotopic (exact) mass is 408 g/mol. The van der Waals surface area contributed by atoms with E-state index in [1.165, 1.54) is 4.88 Å². The highest BCUT2D eigenvalue weighted by Crippen LogP contribution is 2.40. The number of aliphatic hydroxyl groups is 1. The first-order valence-electron chi connectivity index (χ1n) is 5.52. The lowest BCUT2D eigenvalue weighted by Crippen LogP contribution is -2.07. The molecule has 1 atom stereocenters. The predicted molar refractivity (Wildman–Crippen MR) is 86.8 cm³/mol. The van der Waals surface area contributed by atoms with Crippen molar-refractivity contribution in [3.8, 4) is 0 Å². The van der Waals surface area contributed by atoms with Crippen LogP contribution in [0.5, 0.6) is 0 Å². The van der Waals surface area contributed by atoms with Crippen LogP contribution in [0.3, 0.4) is 0 Å². The summed E-state index contributed by atoms with van der Waals surface area (Å²) in [6, 6.07) is 6.11. The lowest BCUT2D eigenvalue weighted by Gasteiger charge is -2.15. The molecule has 98 valence electrons. The molecule has 0 aromatic carbocycles. The molecule has 5 heteroatoms. The van der Waals surface area contributed by atoms with Crippen LogP contribution in [-0.2, 0) is 5.41 Å². The van der Waals surface area contributed by atoms with Crippen molar-refractivity contribution in [3.05, 3.63) is 41.1 Å². The third kappa shape index (κ3) is 3.07. The highest BCUT2D eigenvalue weighted by Gasteiger charge is 2.21. The molecule has 2 aromatic rings. The van der Waals surface area contributed by atoms with E-state index >= 15 is 0 Å². The molecule has 1 nitrogen and oxygen atoms in total. The van der Waals surface area contributed by atoms with Gasteiger partial charge in [0.2, 0.25) is 0 Å². The summed E-state index contributed by atoms with van der Waals surface area (Å²) in [7, 11) is 0. The van der Waals surface area contributed by atoms with E-state index in [1.807, 2.05) is 12.1 Å². The molecule has 0 bridgehead atoms. The zero-order valence-corrected chi connectivity index (χ0v) is 15.1. The molecule has 0 spiro atoms. The maximum atomic E-state index is 10.4. The van der Waals surface area contributed by atoms with Gasteiger partial charge in [0.05, 0.1) is 3.79 Å². The summed E-state index contributed by atoms with van der Waals surface area (Å²) in [5.41, 5.74) is 0.138. The summed E-state index contributed by atoms with van der Waals surface area (Å²) in [4.78, 5) is 3.25. The number of thiophene rings is 2. The van der Waals surface area contributed by atoms with Gasteiger partial charge >= 0.3 is 0 Å². The smallest absolute Gasteiger partial charge is 0.122 e. The van der Waals surface area contributed by atoms with E-state index in [0.29, 0.717) is 0 Å². The van der Waals surface area contributed by atoms with Crippen LogP contribution in [-0.4, -0.2) is 5.11 Å².